The molecule has 0 bridgehead atoms. The molecule has 0 saturated heterocycles. The Morgan fingerprint density at radius 2 is 1.04 bits per heavy atom. The van der Waals surface area contributed by atoms with Gasteiger partial charge in [-0.25, -0.2) is 0 Å². The molecule has 3 heterocycles. The number of fused-ring (bicyclic) bond motifs is 7. The Morgan fingerprint density at radius 1 is 0.444 bits per heavy atom. The van der Waals surface area contributed by atoms with Crippen LogP contribution in [0.3, 0.4) is 0 Å². The van der Waals surface area contributed by atoms with E-state index in [1.807, 2.05) is 30.3 Å². The van der Waals surface area contributed by atoms with Gasteiger partial charge >= 0.3 is 0 Å². The monoisotopic (exact) mass is 577 g/mol. The molecule has 5 heteroatoms. The molecule has 0 unspecified atom stereocenters. The summed E-state index contributed by atoms with van der Waals surface area (Å²) in [5.74, 6) is 4.78. The first-order valence-electron chi connectivity index (χ1n) is 15.2. The van der Waals surface area contributed by atoms with Crippen molar-refractivity contribution in [3.63, 3.8) is 0 Å². The summed E-state index contributed by atoms with van der Waals surface area (Å²) < 4.78 is 20.2. The molecule has 0 radical (unpaired) electrons. The third kappa shape index (κ3) is 3.49. The maximum atomic E-state index is 6.87. The van der Waals surface area contributed by atoms with Gasteiger partial charge in [0.2, 0.25) is 0 Å². The number of anilines is 3. The van der Waals surface area contributed by atoms with Crippen molar-refractivity contribution >= 4 is 50.9 Å². The fourth-order valence-corrected chi connectivity index (χ4v) is 7.28. The fourth-order valence-electron chi connectivity index (χ4n) is 7.28. The van der Waals surface area contributed by atoms with Gasteiger partial charge in [0.15, 0.2) is 11.5 Å². The number of hydrogen-bond donors (Lipinski definition) is 0. The van der Waals surface area contributed by atoms with Crippen LogP contribution in [0.5, 0.6) is 34.5 Å². The van der Waals surface area contributed by atoms with Crippen LogP contribution < -0.4 is 35.5 Å². The molecule has 7 aromatic rings. The van der Waals surface area contributed by atoms with Gasteiger partial charge in [-0.05, 0) is 71.1 Å². The maximum Gasteiger partial charge on any atom is 0.260 e. The summed E-state index contributed by atoms with van der Waals surface area (Å²) in [6, 6.07) is 50.5. The van der Waals surface area contributed by atoms with E-state index in [1.54, 1.807) is 0 Å². The summed E-state index contributed by atoms with van der Waals surface area (Å²) in [7, 11) is 0. The van der Waals surface area contributed by atoms with Gasteiger partial charge in [0, 0.05) is 33.2 Å². The lowest BCUT2D eigenvalue weighted by Gasteiger charge is -2.35. The molecule has 0 N–H and O–H groups in total. The first kappa shape index (κ1) is 24.5. The molecule has 0 aromatic heterocycles. The van der Waals surface area contributed by atoms with Crippen molar-refractivity contribution in [2.24, 2.45) is 0 Å². The lowest BCUT2D eigenvalue weighted by atomic mass is 9.35. The average molecular weight is 577 g/mol. The van der Waals surface area contributed by atoms with Crippen molar-refractivity contribution in [2.75, 3.05) is 4.90 Å². The third-order valence-electron chi connectivity index (χ3n) is 9.17. The number of nitrogens with zero attached hydrogens (tertiary/aromatic N) is 1. The standard InChI is InChI=1S/C40H24BNO3/c1-3-12-25(13-4-1)42(26-14-5-2-6-15-26)32-23-22-27-29-24-36-38-40(39(29)45-35-21-11-16-28(32)37(27)35)44-34-20-10-8-18-31(34)41(38)30-17-7-9-19-33(30)43-36/h1-24H. The number of rotatable bonds is 3. The van der Waals surface area contributed by atoms with E-state index >= 15 is 0 Å². The zero-order valence-corrected chi connectivity index (χ0v) is 24.1. The maximum absolute atomic E-state index is 6.87. The van der Waals surface area contributed by atoms with Crippen LogP contribution in [0, 0.1) is 0 Å². The van der Waals surface area contributed by atoms with E-state index in [0.29, 0.717) is 0 Å². The molecule has 45 heavy (non-hydrogen) atoms. The van der Waals surface area contributed by atoms with Crippen LogP contribution in [-0.2, 0) is 0 Å². The van der Waals surface area contributed by atoms with Crippen LogP contribution in [0.25, 0.3) is 21.9 Å². The predicted octanol–water partition coefficient (Wildman–Crippen LogP) is 8.81. The molecule has 210 valence electrons. The lowest BCUT2D eigenvalue weighted by molar-refractivity contribution is 0.417. The van der Waals surface area contributed by atoms with Crippen LogP contribution in [0.1, 0.15) is 0 Å². The Kier molecular flexibility index (Phi) is 5.05. The smallest absolute Gasteiger partial charge is 0.260 e. The minimum atomic E-state index is -0.0105. The molecular weight excluding hydrogens is 553 g/mol. The molecule has 0 aliphatic carbocycles. The van der Waals surface area contributed by atoms with Crippen LogP contribution in [-0.4, -0.2) is 6.71 Å². The molecule has 7 aromatic carbocycles. The third-order valence-corrected chi connectivity index (χ3v) is 9.17. The Hall–Kier alpha value is -5.94. The second kappa shape index (κ2) is 9.28. The van der Waals surface area contributed by atoms with Crippen molar-refractivity contribution in [1.82, 2.24) is 0 Å². The SMILES string of the molecule is c1ccc(N(c2ccccc2)c2ccc3c4c(cccc24)Oc2c-3cc3c4c2Oc2ccccc2B4c2ccccc2O3)cc1. The first-order chi connectivity index (χ1) is 22.3. The van der Waals surface area contributed by atoms with Crippen molar-refractivity contribution < 1.29 is 14.2 Å². The zero-order chi connectivity index (χ0) is 29.5. The fraction of sp³-hybridized carbons (Fsp3) is 0. The van der Waals surface area contributed by atoms with E-state index in [4.69, 9.17) is 14.2 Å². The van der Waals surface area contributed by atoms with Gasteiger partial charge in [-0.3, -0.25) is 0 Å². The van der Waals surface area contributed by atoms with E-state index in [2.05, 4.69) is 120 Å². The van der Waals surface area contributed by atoms with Gasteiger partial charge in [-0.1, -0.05) is 91.0 Å². The minimum absolute atomic E-state index is 0.0105. The van der Waals surface area contributed by atoms with Crippen LogP contribution in [0.2, 0.25) is 0 Å². The van der Waals surface area contributed by atoms with Crippen LogP contribution in [0.4, 0.5) is 17.1 Å². The second-order valence-electron chi connectivity index (χ2n) is 11.6. The van der Waals surface area contributed by atoms with E-state index < -0.39 is 0 Å². The lowest BCUT2D eigenvalue weighted by Crippen LogP contribution is -2.57. The van der Waals surface area contributed by atoms with Crippen molar-refractivity contribution in [1.29, 1.82) is 0 Å². The molecule has 0 fully saturated rings. The molecular formula is C40H24BNO3. The van der Waals surface area contributed by atoms with Crippen LogP contribution in [0.15, 0.2) is 146 Å². The molecule has 0 atom stereocenters. The molecule has 0 saturated carbocycles. The Bertz CT molecular complexity index is 2270. The van der Waals surface area contributed by atoms with Crippen molar-refractivity contribution in [2.45, 2.75) is 0 Å². The van der Waals surface area contributed by atoms with Gasteiger partial charge in [-0.2, -0.15) is 0 Å². The average Bonchev–Trinajstić information content (AvgIpc) is 3.10. The van der Waals surface area contributed by atoms with E-state index in [0.717, 1.165) is 89.8 Å². The van der Waals surface area contributed by atoms with Gasteiger partial charge in [-0.15, -0.1) is 0 Å². The summed E-state index contributed by atoms with van der Waals surface area (Å²) in [6.45, 7) is -0.0105. The highest BCUT2D eigenvalue weighted by Crippen LogP contribution is 2.55. The highest BCUT2D eigenvalue weighted by atomic mass is 16.5. The molecule has 0 spiro atoms. The number of hydrogen-bond acceptors (Lipinski definition) is 4. The highest BCUT2D eigenvalue weighted by Gasteiger charge is 2.43. The zero-order valence-electron chi connectivity index (χ0n) is 24.1. The topological polar surface area (TPSA) is 30.9 Å². The molecule has 3 aliphatic rings. The Labute approximate surface area is 260 Å². The van der Waals surface area contributed by atoms with Gasteiger partial charge in [0.1, 0.15) is 23.0 Å². The summed E-state index contributed by atoms with van der Waals surface area (Å²) >= 11 is 0. The van der Waals surface area contributed by atoms with Gasteiger partial charge in [0.25, 0.3) is 6.71 Å². The first-order valence-corrected chi connectivity index (χ1v) is 15.2. The van der Waals surface area contributed by atoms with Crippen molar-refractivity contribution in [3.8, 4) is 45.6 Å². The van der Waals surface area contributed by atoms with Gasteiger partial charge in [0.05, 0.1) is 5.69 Å². The molecule has 0 amide bonds. The normalized spacial score (nSPS) is 12.9. The second-order valence-corrected chi connectivity index (χ2v) is 11.6. The van der Waals surface area contributed by atoms with Crippen molar-refractivity contribution in [3.05, 3.63) is 146 Å². The Morgan fingerprint density at radius 3 is 1.76 bits per heavy atom. The number of ether oxygens (including phenoxy) is 3. The summed E-state index contributed by atoms with van der Waals surface area (Å²) in [6.07, 6.45) is 0. The van der Waals surface area contributed by atoms with E-state index in [1.165, 1.54) is 0 Å². The Balaban J connectivity index is 1.22. The molecule has 4 nitrogen and oxygen atoms in total. The quantitative estimate of drug-likeness (QED) is 0.197. The highest BCUT2D eigenvalue weighted by molar-refractivity contribution is 6.98. The minimum Gasteiger partial charge on any atom is -0.458 e. The van der Waals surface area contributed by atoms with E-state index in [9.17, 15) is 0 Å². The largest absolute Gasteiger partial charge is 0.458 e. The molecule has 3 aliphatic heterocycles. The van der Waals surface area contributed by atoms with E-state index in [-0.39, 0.29) is 6.71 Å². The number of benzene rings is 7. The summed E-state index contributed by atoms with van der Waals surface area (Å²) in [4.78, 5) is 2.31. The summed E-state index contributed by atoms with van der Waals surface area (Å²) in [5.41, 5.74) is 8.58. The summed E-state index contributed by atoms with van der Waals surface area (Å²) in [5, 5.41) is 2.17. The predicted molar refractivity (Wildman–Crippen MR) is 182 cm³/mol. The van der Waals surface area contributed by atoms with Crippen LogP contribution >= 0.6 is 0 Å². The number of para-hydroxylation sites is 4. The molecule has 10 rings (SSSR count). The van der Waals surface area contributed by atoms with Gasteiger partial charge < -0.3 is 19.1 Å².